The van der Waals surface area contributed by atoms with E-state index >= 15 is 0 Å². The number of H-pyrrole nitrogens is 1. The molecule has 4 aromatic heterocycles. The number of nitrogens with one attached hydrogen (secondary N) is 2. The number of aryl methyl sites for hydroxylation is 3. The molecule has 4 N–H and O–H groups in total. The molecule has 0 atom stereocenters. The molecular formula is C22H21N7S. The molecule has 0 fully saturated rings. The Morgan fingerprint density at radius 1 is 1.03 bits per heavy atom. The first-order chi connectivity index (χ1) is 14.5. The normalized spacial score (nSPS) is 11.3. The molecule has 150 valence electrons. The lowest BCUT2D eigenvalue weighted by atomic mass is 10.0. The third kappa shape index (κ3) is 3.31. The summed E-state index contributed by atoms with van der Waals surface area (Å²) in [4.78, 5) is 10.7. The lowest BCUT2D eigenvalue weighted by molar-refractivity contribution is 1.03. The number of aromatic amines is 1. The number of aromatic nitrogens is 5. The van der Waals surface area contributed by atoms with Crippen LogP contribution in [0.5, 0.6) is 0 Å². The molecule has 4 heterocycles. The Bertz CT molecular complexity index is 1380. The second-order valence-corrected chi connectivity index (χ2v) is 8.62. The van der Waals surface area contributed by atoms with E-state index in [4.69, 9.17) is 10.7 Å². The Balaban J connectivity index is 1.62. The summed E-state index contributed by atoms with van der Waals surface area (Å²) in [5, 5.41) is 11.3. The molecule has 0 unspecified atom stereocenters. The van der Waals surface area contributed by atoms with Gasteiger partial charge in [0, 0.05) is 34.5 Å². The average Bonchev–Trinajstić information content (AvgIpc) is 3.39. The predicted octanol–water partition coefficient (Wildman–Crippen LogP) is 5.10. The molecule has 0 saturated heterocycles. The molecule has 0 aliphatic heterocycles. The summed E-state index contributed by atoms with van der Waals surface area (Å²) < 4.78 is 1.94. The van der Waals surface area contributed by atoms with Crippen molar-refractivity contribution in [3.05, 3.63) is 64.9 Å². The van der Waals surface area contributed by atoms with Gasteiger partial charge in [0.15, 0.2) is 5.82 Å². The van der Waals surface area contributed by atoms with Gasteiger partial charge in [-0.3, -0.25) is 9.50 Å². The summed E-state index contributed by atoms with van der Waals surface area (Å²) in [7, 11) is 0. The first-order valence-corrected chi connectivity index (χ1v) is 10.4. The van der Waals surface area contributed by atoms with Gasteiger partial charge >= 0.3 is 0 Å². The number of rotatable bonds is 4. The van der Waals surface area contributed by atoms with E-state index in [2.05, 4.69) is 45.6 Å². The molecule has 0 aliphatic rings. The van der Waals surface area contributed by atoms with E-state index in [0.717, 1.165) is 44.4 Å². The average molecular weight is 416 g/mol. The van der Waals surface area contributed by atoms with Crippen LogP contribution >= 0.6 is 11.3 Å². The maximum Gasteiger partial charge on any atom is 0.215 e. The van der Waals surface area contributed by atoms with E-state index in [1.807, 2.05) is 48.7 Å². The Morgan fingerprint density at radius 3 is 2.60 bits per heavy atom. The van der Waals surface area contributed by atoms with Crippen LogP contribution in [0, 0.1) is 20.8 Å². The van der Waals surface area contributed by atoms with E-state index in [-0.39, 0.29) is 0 Å². The van der Waals surface area contributed by atoms with Crippen molar-refractivity contribution < 1.29 is 0 Å². The summed E-state index contributed by atoms with van der Waals surface area (Å²) >= 11 is 1.60. The molecule has 0 spiro atoms. The highest BCUT2D eigenvalue weighted by molar-refractivity contribution is 7.16. The van der Waals surface area contributed by atoms with Gasteiger partial charge in [0.2, 0.25) is 5.95 Å². The maximum absolute atomic E-state index is 6.00. The summed E-state index contributed by atoms with van der Waals surface area (Å²) in [6.45, 7) is 6.03. The van der Waals surface area contributed by atoms with E-state index in [1.165, 1.54) is 4.88 Å². The minimum atomic E-state index is 0.663. The lowest BCUT2D eigenvalue weighted by Gasteiger charge is -2.10. The minimum Gasteiger partial charge on any atom is -0.391 e. The third-order valence-electron chi connectivity index (χ3n) is 4.93. The highest BCUT2D eigenvalue weighted by atomic mass is 32.1. The number of thiophene rings is 1. The first-order valence-electron chi connectivity index (χ1n) is 9.59. The zero-order valence-electron chi connectivity index (χ0n) is 16.9. The molecule has 0 radical (unpaired) electrons. The minimum absolute atomic E-state index is 0.663. The third-order valence-corrected chi connectivity index (χ3v) is 5.81. The molecule has 8 heteroatoms. The number of nitrogens with zero attached hydrogens (tertiary/aromatic N) is 4. The fourth-order valence-electron chi connectivity index (χ4n) is 3.58. The number of hydrogen-bond donors (Lipinski definition) is 3. The largest absolute Gasteiger partial charge is 0.391 e. The lowest BCUT2D eigenvalue weighted by Crippen LogP contribution is -2.02. The molecule has 0 bridgehead atoms. The topological polar surface area (TPSA) is 96.9 Å². The van der Waals surface area contributed by atoms with Crippen LogP contribution in [-0.4, -0.2) is 24.6 Å². The van der Waals surface area contributed by atoms with Crippen molar-refractivity contribution >= 4 is 33.8 Å². The van der Waals surface area contributed by atoms with Crippen molar-refractivity contribution in [3.8, 4) is 22.4 Å². The molecule has 5 rings (SSSR count). The van der Waals surface area contributed by atoms with Crippen molar-refractivity contribution in [1.29, 1.82) is 0 Å². The smallest absolute Gasteiger partial charge is 0.215 e. The van der Waals surface area contributed by atoms with E-state index in [0.29, 0.717) is 11.8 Å². The number of imidazole rings is 1. The molecule has 7 nitrogen and oxygen atoms in total. The number of nitrogens with two attached hydrogens (primary N) is 1. The summed E-state index contributed by atoms with van der Waals surface area (Å²) in [5.74, 6) is 1.37. The number of nitrogen functional groups attached to an aromatic ring is 1. The second kappa shape index (κ2) is 7.00. The number of anilines is 3. The Kier molecular flexibility index (Phi) is 4.29. The fraction of sp³-hybridized carbons (Fsp3) is 0.136. The van der Waals surface area contributed by atoms with E-state index in [1.54, 1.807) is 11.3 Å². The quantitative estimate of drug-likeness (QED) is 0.379. The molecule has 0 saturated carbocycles. The number of hydrogen-bond acceptors (Lipinski definition) is 6. The number of benzene rings is 1. The Hall–Kier alpha value is -3.65. The van der Waals surface area contributed by atoms with Crippen molar-refractivity contribution in [2.24, 2.45) is 0 Å². The van der Waals surface area contributed by atoms with Crippen LogP contribution in [-0.2, 0) is 0 Å². The fourth-order valence-corrected chi connectivity index (χ4v) is 4.40. The SMILES string of the molecule is Cc1cn2c(Nc3cc(C)[nH]n3)nc(-c3cccc(-c4cc(N)sc4C)c3)cc2n1. The van der Waals surface area contributed by atoms with Gasteiger partial charge in [0.1, 0.15) is 5.65 Å². The molecule has 0 amide bonds. The van der Waals surface area contributed by atoms with Gasteiger partial charge in [-0.25, -0.2) is 9.97 Å². The van der Waals surface area contributed by atoms with Crippen LogP contribution in [0.15, 0.2) is 48.7 Å². The summed E-state index contributed by atoms with van der Waals surface area (Å²) in [5.41, 5.74) is 12.9. The van der Waals surface area contributed by atoms with E-state index in [9.17, 15) is 0 Å². The summed E-state index contributed by atoms with van der Waals surface area (Å²) in [6, 6.07) is 14.3. The Labute approximate surface area is 177 Å². The molecular weight excluding hydrogens is 394 g/mol. The Morgan fingerprint density at radius 2 is 1.87 bits per heavy atom. The van der Waals surface area contributed by atoms with Crippen LogP contribution in [0.4, 0.5) is 16.8 Å². The van der Waals surface area contributed by atoms with Gasteiger partial charge in [0.05, 0.1) is 16.4 Å². The van der Waals surface area contributed by atoms with Crippen LogP contribution < -0.4 is 11.1 Å². The van der Waals surface area contributed by atoms with Crippen LogP contribution in [0.2, 0.25) is 0 Å². The zero-order valence-corrected chi connectivity index (χ0v) is 17.7. The van der Waals surface area contributed by atoms with Gasteiger partial charge in [-0.1, -0.05) is 18.2 Å². The standard InChI is InChI=1S/C22H21N7S/c1-12-7-20(28-27-12)26-22-25-18(10-21-24-13(2)11-29(21)22)16-6-4-5-15(8-16)17-9-19(23)30-14(17)3/h4-11H,23H2,1-3H3,(H2,25,26,27,28). The van der Waals surface area contributed by atoms with Crippen LogP contribution in [0.3, 0.4) is 0 Å². The van der Waals surface area contributed by atoms with Crippen LogP contribution in [0.25, 0.3) is 28.0 Å². The van der Waals surface area contributed by atoms with Crippen LogP contribution in [0.1, 0.15) is 16.3 Å². The van der Waals surface area contributed by atoms with Crippen molar-refractivity contribution in [1.82, 2.24) is 24.6 Å². The second-order valence-electron chi connectivity index (χ2n) is 7.34. The summed E-state index contributed by atoms with van der Waals surface area (Å²) in [6.07, 6.45) is 1.96. The van der Waals surface area contributed by atoms with Crippen molar-refractivity contribution in [2.75, 3.05) is 11.1 Å². The first kappa shape index (κ1) is 18.4. The van der Waals surface area contributed by atoms with Gasteiger partial charge in [-0.15, -0.1) is 11.3 Å². The zero-order chi connectivity index (χ0) is 20.8. The maximum atomic E-state index is 6.00. The molecule has 30 heavy (non-hydrogen) atoms. The predicted molar refractivity (Wildman–Crippen MR) is 122 cm³/mol. The van der Waals surface area contributed by atoms with Gasteiger partial charge < -0.3 is 11.1 Å². The van der Waals surface area contributed by atoms with Crippen molar-refractivity contribution in [2.45, 2.75) is 20.8 Å². The van der Waals surface area contributed by atoms with E-state index < -0.39 is 0 Å². The highest BCUT2D eigenvalue weighted by Crippen LogP contribution is 2.34. The van der Waals surface area contributed by atoms with Gasteiger partial charge in [-0.2, -0.15) is 5.10 Å². The molecule has 1 aromatic carbocycles. The van der Waals surface area contributed by atoms with Crippen molar-refractivity contribution in [3.63, 3.8) is 0 Å². The number of fused-ring (bicyclic) bond motifs is 1. The monoisotopic (exact) mass is 415 g/mol. The molecule has 5 aromatic rings. The van der Waals surface area contributed by atoms with Gasteiger partial charge in [0.25, 0.3) is 0 Å². The van der Waals surface area contributed by atoms with Gasteiger partial charge in [-0.05, 0) is 44.0 Å². The highest BCUT2D eigenvalue weighted by Gasteiger charge is 2.13. The molecule has 0 aliphatic carbocycles.